The molecule has 6 heteroatoms. The van der Waals surface area contributed by atoms with Gasteiger partial charge in [0.15, 0.2) is 18.1 Å². The zero-order valence-corrected chi connectivity index (χ0v) is 12.5. The number of hydrogen-bond donors (Lipinski definition) is 0. The second-order valence-electron chi connectivity index (χ2n) is 5.04. The number of fused-ring (bicyclic) bond motifs is 1. The highest BCUT2D eigenvalue weighted by molar-refractivity contribution is 5.95. The molecule has 120 valence electrons. The van der Waals surface area contributed by atoms with E-state index in [0.717, 1.165) is 18.2 Å². The third-order valence-electron chi connectivity index (χ3n) is 3.53. The number of halogens is 2. The lowest BCUT2D eigenvalue weighted by Gasteiger charge is -2.20. The quantitative estimate of drug-likeness (QED) is 0.871. The zero-order valence-electron chi connectivity index (χ0n) is 12.5. The summed E-state index contributed by atoms with van der Waals surface area (Å²) in [5.41, 5.74) is 0.568. The van der Waals surface area contributed by atoms with E-state index in [1.54, 1.807) is 18.2 Å². The lowest BCUT2D eigenvalue weighted by atomic mass is 10.1. The third-order valence-corrected chi connectivity index (χ3v) is 3.53. The molecule has 0 fully saturated rings. The standard InChI is InChI=1S/C17H15F2NO3/c1-2-22-15-5-3-4-11-9-20(16(21)10-23-17(11)15)14-8-12(18)6-7-13(14)19/h3-8H,2,9-10H2,1H3. The van der Waals surface area contributed by atoms with Crippen molar-refractivity contribution in [2.75, 3.05) is 18.1 Å². The smallest absolute Gasteiger partial charge is 0.265 e. The Balaban J connectivity index is 2.02. The Morgan fingerprint density at radius 3 is 2.87 bits per heavy atom. The molecule has 0 saturated heterocycles. The van der Waals surface area contributed by atoms with Gasteiger partial charge in [-0.1, -0.05) is 12.1 Å². The van der Waals surface area contributed by atoms with Gasteiger partial charge in [-0.3, -0.25) is 4.79 Å². The Morgan fingerprint density at radius 2 is 2.09 bits per heavy atom. The number of benzene rings is 2. The summed E-state index contributed by atoms with van der Waals surface area (Å²) in [6, 6.07) is 8.29. The highest BCUT2D eigenvalue weighted by Gasteiger charge is 2.27. The van der Waals surface area contributed by atoms with Crippen LogP contribution in [0, 0.1) is 11.6 Å². The van der Waals surface area contributed by atoms with Gasteiger partial charge in [0.1, 0.15) is 11.6 Å². The van der Waals surface area contributed by atoms with Gasteiger partial charge in [-0.2, -0.15) is 0 Å². The van der Waals surface area contributed by atoms with Crippen LogP contribution in [-0.2, 0) is 11.3 Å². The van der Waals surface area contributed by atoms with Crippen molar-refractivity contribution in [2.24, 2.45) is 0 Å². The maximum Gasteiger partial charge on any atom is 0.265 e. The first-order chi connectivity index (χ1) is 11.1. The molecule has 0 atom stereocenters. The van der Waals surface area contributed by atoms with Gasteiger partial charge in [0.05, 0.1) is 18.8 Å². The predicted octanol–water partition coefficient (Wildman–Crippen LogP) is 3.29. The number of amides is 1. The van der Waals surface area contributed by atoms with Gasteiger partial charge in [-0.25, -0.2) is 8.78 Å². The van der Waals surface area contributed by atoms with E-state index >= 15 is 0 Å². The number of carbonyl (C=O) groups excluding carboxylic acids is 1. The minimum Gasteiger partial charge on any atom is -0.490 e. The summed E-state index contributed by atoms with van der Waals surface area (Å²) in [4.78, 5) is 13.5. The van der Waals surface area contributed by atoms with Crippen molar-refractivity contribution >= 4 is 11.6 Å². The Kier molecular flexibility index (Phi) is 4.14. The fourth-order valence-corrected chi connectivity index (χ4v) is 2.50. The summed E-state index contributed by atoms with van der Waals surface area (Å²) in [5, 5.41) is 0. The number of nitrogens with zero attached hydrogens (tertiary/aromatic N) is 1. The van der Waals surface area contributed by atoms with Crippen LogP contribution in [0.2, 0.25) is 0 Å². The SMILES string of the molecule is CCOc1cccc2c1OCC(=O)N(c1cc(F)ccc1F)C2. The highest BCUT2D eigenvalue weighted by Crippen LogP contribution is 2.35. The van der Waals surface area contributed by atoms with Crippen molar-refractivity contribution in [2.45, 2.75) is 13.5 Å². The van der Waals surface area contributed by atoms with E-state index in [9.17, 15) is 13.6 Å². The maximum absolute atomic E-state index is 14.0. The minimum atomic E-state index is -0.663. The Labute approximate surface area is 132 Å². The van der Waals surface area contributed by atoms with Gasteiger partial charge in [0, 0.05) is 11.6 Å². The van der Waals surface area contributed by atoms with Crippen molar-refractivity contribution in [1.82, 2.24) is 0 Å². The van der Waals surface area contributed by atoms with Crippen LogP contribution in [0.15, 0.2) is 36.4 Å². The number of ether oxygens (including phenoxy) is 2. The van der Waals surface area contributed by atoms with E-state index in [1.807, 2.05) is 6.92 Å². The topological polar surface area (TPSA) is 38.8 Å². The molecule has 2 aromatic rings. The normalized spacial score (nSPS) is 14.0. The molecular formula is C17H15F2NO3. The average molecular weight is 319 g/mol. The van der Waals surface area contributed by atoms with Crippen LogP contribution < -0.4 is 14.4 Å². The molecule has 0 radical (unpaired) electrons. The molecule has 0 spiro atoms. The third kappa shape index (κ3) is 2.97. The fraction of sp³-hybridized carbons (Fsp3) is 0.235. The van der Waals surface area contributed by atoms with Crippen LogP contribution in [0.5, 0.6) is 11.5 Å². The fourth-order valence-electron chi connectivity index (χ4n) is 2.50. The summed E-state index contributed by atoms with van der Waals surface area (Å²) in [7, 11) is 0. The predicted molar refractivity (Wildman–Crippen MR) is 80.7 cm³/mol. The van der Waals surface area contributed by atoms with E-state index < -0.39 is 17.5 Å². The van der Waals surface area contributed by atoms with Crippen molar-refractivity contribution in [1.29, 1.82) is 0 Å². The van der Waals surface area contributed by atoms with E-state index in [2.05, 4.69) is 0 Å². The van der Waals surface area contributed by atoms with Crippen LogP contribution >= 0.6 is 0 Å². The van der Waals surface area contributed by atoms with Crippen LogP contribution in [-0.4, -0.2) is 19.1 Å². The molecule has 1 aliphatic heterocycles. The summed E-state index contributed by atoms with van der Waals surface area (Å²) >= 11 is 0. The molecule has 1 aliphatic rings. The van der Waals surface area contributed by atoms with Crippen LogP contribution in [0.4, 0.5) is 14.5 Å². The number of anilines is 1. The largest absolute Gasteiger partial charge is 0.490 e. The Morgan fingerprint density at radius 1 is 1.26 bits per heavy atom. The molecule has 23 heavy (non-hydrogen) atoms. The second-order valence-corrected chi connectivity index (χ2v) is 5.04. The van der Waals surface area contributed by atoms with Gasteiger partial charge in [-0.15, -0.1) is 0 Å². The zero-order chi connectivity index (χ0) is 16.4. The van der Waals surface area contributed by atoms with E-state index in [1.165, 1.54) is 4.90 Å². The molecule has 0 aliphatic carbocycles. The van der Waals surface area contributed by atoms with Gasteiger partial charge in [-0.05, 0) is 25.1 Å². The van der Waals surface area contributed by atoms with Gasteiger partial charge in [0.25, 0.3) is 5.91 Å². The second kappa shape index (κ2) is 6.24. The molecule has 4 nitrogen and oxygen atoms in total. The number of hydrogen-bond acceptors (Lipinski definition) is 3. The maximum atomic E-state index is 14.0. The van der Waals surface area contributed by atoms with E-state index in [0.29, 0.717) is 23.7 Å². The molecule has 0 saturated carbocycles. The first kappa shape index (κ1) is 15.3. The van der Waals surface area contributed by atoms with Crippen LogP contribution in [0.25, 0.3) is 0 Å². The van der Waals surface area contributed by atoms with Crippen molar-refractivity contribution < 1.29 is 23.0 Å². The van der Waals surface area contributed by atoms with Crippen molar-refractivity contribution in [3.05, 3.63) is 53.6 Å². The molecule has 1 heterocycles. The Bertz CT molecular complexity index is 749. The molecule has 0 N–H and O–H groups in total. The van der Waals surface area contributed by atoms with Gasteiger partial charge < -0.3 is 14.4 Å². The molecule has 2 aromatic carbocycles. The summed E-state index contributed by atoms with van der Waals surface area (Å²) in [5.74, 6) is -0.735. The molecule has 0 bridgehead atoms. The number of para-hydroxylation sites is 1. The molecule has 0 unspecified atom stereocenters. The Hall–Kier alpha value is -2.63. The van der Waals surface area contributed by atoms with E-state index in [-0.39, 0.29) is 18.8 Å². The summed E-state index contributed by atoms with van der Waals surface area (Å²) in [6.07, 6.45) is 0. The first-order valence-corrected chi connectivity index (χ1v) is 7.23. The molecule has 1 amide bonds. The van der Waals surface area contributed by atoms with Crippen LogP contribution in [0.1, 0.15) is 12.5 Å². The lowest BCUT2D eigenvalue weighted by molar-refractivity contribution is -0.120. The van der Waals surface area contributed by atoms with Gasteiger partial charge >= 0.3 is 0 Å². The van der Waals surface area contributed by atoms with Crippen molar-refractivity contribution in [3.63, 3.8) is 0 Å². The summed E-state index contributed by atoms with van der Waals surface area (Å²) in [6.45, 7) is 2.11. The van der Waals surface area contributed by atoms with Crippen molar-refractivity contribution in [3.8, 4) is 11.5 Å². The lowest BCUT2D eigenvalue weighted by Crippen LogP contribution is -2.33. The van der Waals surface area contributed by atoms with Crippen LogP contribution in [0.3, 0.4) is 0 Å². The number of carbonyl (C=O) groups is 1. The average Bonchev–Trinajstić information content (AvgIpc) is 2.70. The molecular weight excluding hydrogens is 304 g/mol. The highest BCUT2D eigenvalue weighted by atomic mass is 19.1. The number of rotatable bonds is 3. The first-order valence-electron chi connectivity index (χ1n) is 7.23. The molecule has 3 rings (SSSR count). The van der Waals surface area contributed by atoms with Gasteiger partial charge in [0.2, 0.25) is 0 Å². The minimum absolute atomic E-state index is 0.0788. The molecule has 0 aromatic heterocycles. The monoisotopic (exact) mass is 319 g/mol. The summed E-state index contributed by atoms with van der Waals surface area (Å²) < 4.78 is 38.5. The van der Waals surface area contributed by atoms with E-state index in [4.69, 9.17) is 9.47 Å².